The smallest absolute Gasteiger partial charge is 0.329 e. The molecule has 0 heterocycles. The molecule has 0 saturated heterocycles. The second kappa shape index (κ2) is 24.5. The third-order valence-electron chi connectivity index (χ3n) is 11.2. The highest BCUT2D eigenvalue weighted by molar-refractivity contribution is 6.10. The molecule has 67 heavy (non-hydrogen) atoms. The van der Waals surface area contributed by atoms with E-state index in [-0.39, 0.29) is 45.0 Å². The standard InChI is InChI=1S/C53H59N7O7/c1-3-15-44(52(64)67-33-38-20-13-19-35-16-5-8-21-39(35)38)60-51(63)43(25-14-31-57-53(55)56)59-50(62)42(24-11-12-30-54)58-47(61)34-66-46-29-27-37-18-7-10-23-41(37)49(46)48-40-22-9-6-17-36(40)26-28-45(48)65-32-4-2/h3-10,13,16-23,26-29,42-44H,1-2,11-12,14-15,24-25,30-34,54H2,(H,58,61)(H,59,62)(H,60,63)(H4,55,56,57)/t42-,43-,44+/m1/s1. The van der Waals surface area contributed by atoms with E-state index in [4.69, 9.17) is 31.4 Å². The average molecular weight is 906 g/mol. The Labute approximate surface area is 390 Å². The predicted octanol–water partition coefficient (Wildman–Crippen LogP) is 6.71. The summed E-state index contributed by atoms with van der Waals surface area (Å²) in [6.45, 7) is 7.96. The maximum absolute atomic E-state index is 14.2. The fourth-order valence-corrected chi connectivity index (χ4v) is 7.91. The number of esters is 1. The van der Waals surface area contributed by atoms with Crippen molar-refractivity contribution in [2.75, 3.05) is 26.3 Å². The van der Waals surface area contributed by atoms with Crippen molar-refractivity contribution in [3.8, 4) is 22.6 Å². The van der Waals surface area contributed by atoms with Gasteiger partial charge in [0, 0.05) is 17.7 Å². The summed E-state index contributed by atoms with van der Waals surface area (Å²) in [6, 6.07) is 33.6. The number of fused-ring (bicyclic) bond motifs is 3. The Hall–Kier alpha value is -7.71. The molecule has 0 spiro atoms. The number of carbonyl (C=O) groups is 4. The molecule has 3 atom stereocenters. The first-order valence-electron chi connectivity index (χ1n) is 22.4. The summed E-state index contributed by atoms with van der Waals surface area (Å²) in [5.41, 5.74) is 19.2. The summed E-state index contributed by atoms with van der Waals surface area (Å²) in [6.07, 6.45) is 4.96. The summed E-state index contributed by atoms with van der Waals surface area (Å²) in [5.74, 6) is -1.57. The first-order valence-corrected chi connectivity index (χ1v) is 22.4. The molecule has 0 radical (unpaired) electrons. The highest BCUT2D eigenvalue weighted by atomic mass is 16.5. The number of nitrogens with zero attached hydrogens (tertiary/aromatic N) is 1. The number of amides is 3. The normalized spacial score (nSPS) is 12.3. The molecule has 0 unspecified atom stereocenters. The van der Waals surface area contributed by atoms with Crippen molar-refractivity contribution in [2.45, 2.75) is 63.3 Å². The SMILES string of the molecule is C=CCOc1ccc2ccccc2c1-c1c(OCC(=O)N[C@H](CCCCN)C(=O)N[C@H](CCCN=C(N)N)C(=O)N[C@@H](CC=C)C(=O)OCc2cccc3ccccc23)ccc2ccccc12. The Bertz CT molecular complexity index is 2730. The van der Waals surface area contributed by atoms with Crippen LogP contribution in [0, 0.1) is 0 Å². The van der Waals surface area contributed by atoms with Gasteiger partial charge in [0.05, 0.1) is 0 Å². The number of aliphatic imine (C=N–C) groups is 1. The van der Waals surface area contributed by atoms with Gasteiger partial charge in [0.1, 0.15) is 42.8 Å². The van der Waals surface area contributed by atoms with Crippen LogP contribution in [-0.4, -0.2) is 74.1 Å². The number of rotatable bonds is 25. The summed E-state index contributed by atoms with van der Waals surface area (Å²) >= 11 is 0. The number of hydrogen-bond donors (Lipinski definition) is 6. The van der Waals surface area contributed by atoms with Crippen LogP contribution in [0.4, 0.5) is 0 Å². The summed E-state index contributed by atoms with van der Waals surface area (Å²) < 4.78 is 18.3. The van der Waals surface area contributed by atoms with Gasteiger partial charge < -0.3 is 47.4 Å². The molecule has 6 rings (SSSR count). The zero-order chi connectivity index (χ0) is 47.5. The lowest BCUT2D eigenvalue weighted by Gasteiger charge is -2.25. The lowest BCUT2D eigenvalue weighted by molar-refractivity contribution is -0.149. The van der Waals surface area contributed by atoms with Gasteiger partial charge >= 0.3 is 5.97 Å². The molecule has 3 amide bonds. The van der Waals surface area contributed by atoms with E-state index in [1.165, 1.54) is 6.08 Å². The zero-order valence-corrected chi connectivity index (χ0v) is 37.6. The van der Waals surface area contributed by atoms with E-state index in [1.54, 1.807) is 6.08 Å². The van der Waals surface area contributed by atoms with Crippen LogP contribution in [0.1, 0.15) is 44.1 Å². The third-order valence-corrected chi connectivity index (χ3v) is 11.2. The van der Waals surface area contributed by atoms with Crippen LogP contribution in [0.25, 0.3) is 43.4 Å². The molecule has 0 saturated carbocycles. The molecular formula is C53H59N7O7. The first-order chi connectivity index (χ1) is 32.6. The van der Waals surface area contributed by atoms with E-state index in [1.807, 2.05) is 115 Å². The topological polar surface area (TPSA) is 222 Å². The number of nitrogens with one attached hydrogen (secondary N) is 3. The van der Waals surface area contributed by atoms with Crippen LogP contribution < -0.4 is 42.6 Å². The van der Waals surface area contributed by atoms with Crippen LogP contribution in [0.5, 0.6) is 11.5 Å². The summed E-state index contributed by atoms with van der Waals surface area (Å²) in [4.78, 5) is 59.6. The van der Waals surface area contributed by atoms with Gasteiger partial charge in [-0.25, -0.2) is 4.79 Å². The predicted molar refractivity (Wildman–Crippen MR) is 265 cm³/mol. The van der Waals surface area contributed by atoms with E-state index in [2.05, 4.69) is 34.1 Å². The highest BCUT2D eigenvalue weighted by Gasteiger charge is 2.30. The zero-order valence-electron chi connectivity index (χ0n) is 37.6. The van der Waals surface area contributed by atoms with Gasteiger partial charge in [0.15, 0.2) is 12.6 Å². The van der Waals surface area contributed by atoms with Gasteiger partial charge in [-0.3, -0.25) is 19.4 Å². The van der Waals surface area contributed by atoms with Crippen LogP contribution in [0.3, 0.4) is 0 Å². The molecule has 9 N–H and O–H groups in total. The average Bonchev–Trinajstić information content (AvgIpc) is 3.34. The van der Waals surface area contributed by atoms with E-state index in [0.29, 0.717) is 37.3 Å². The molecule has 0 aliphatic carbocycles. The molecule has 6 aromatic carbocycles. The maximum atomic E-state index is 14.2. The minimum atomic E-state index is -1.15. The van der Waals surface area contributed by atoms with Crippen molar-refractivity contribution >= 4 is 62.0 Å². The number of benzene rings is 6. The Kier molecular flexibility index (Phi) is 17.9. The monoisotopic (exact) mass is 905 g/mol. The van der Waals surface area contributed by atoms with Gasteiger partial charge in [-0.2, -0.15) is 0 Å². The number of carbonyl (C=O) groups excluding carboxylic acids is 4. The number of guanidine groups is 1. The van der Waals surface area contributed by atoms with Crippen molar-refractivity contribution < 1.29 is 33.4 Å². The molecule has 0 aliphatic rings. The second-order valence-electron chi connectivity index (χ2n) is 16.0. The van der Waals surface area contributed by atoms with E-state index in [9.17, 15) is 19.2 Å². The summed E-state index contributed by atoms with van der Waals surface area (Å²) in [5, 5.41) is 14.1. The first kappa shape index (κ1) is 48.7. The fraction of sp³-hybridized carbons (Fsp3) is 0.264. The minimum Gasteiger partial charge on any atom is -0.489 e. The van der Waals surface area contributed by atoms with Gasteiger partial charge in [-0.15, -0.1) is 6.58 Å². The molecule has 0 aliphatic heterocycles. The van der Waals surface area contributed by atoms with Crippen molar-refractivity contribution in [3.63, 3.8) is 0 Å². The number of ether oxygens (including phenoxy) is 3. The molecule has 0 fully saturated rings. The van der Waals surface area contributed by atoms with Crippen molar-refractivity contribution in [2.24, 2.45) is 22.2 Å². The van der Waals surface area contributed by atoms with Crippen LogP contribution in [0.2, 0.25) is 0 Å². The van der Waals surface area contributed by atoms with Crippen molar-refractivity contribution in [1.29, 1.82) is 0 Å². The molecular weight excluding hydrogens is 847 g/mol. The number of unbranched alkanes of at least 4 members (excludes halogenated alkanes) is 1. The molecule has 0 bridgehead atoms. The molecule has 6 aromatic rings. The molecule has 14 heteroatoms. The van der Waals surface area contributed by atoms with Crippen molar-refractivity contribution in [1.82, 2.24) is 16.0 Å². The lowest BCUT2D eigenvalue weighted by Crippen LogP contribution is -2.56. The Morgan fingerprint density at radius 3 is 1.78 bits per heavy atom. The third kappa shape index (κ3) is 13.2. The molecule has 14 nitrogen and oxygen atoms in total. The summed E-state index contributed by atoms with van der Waals surface area (Å²) in [7, 11) is 0. The Balaban J connectivity index is 1.20. The fourth-order valence-electron chi connectivity index (χ4n) is 7.91. The molecule has 0 aromatic heterocycles. The van der Waals surface area contributed by atoms with E-state index < -0.39 is 48.4 Å². The minimum absolute atomic E-state index is 0.0210. The van der Waals surface area contributed by atoms with Gasteiger partial charge in [-0.05, 0) is 95.1 Å². The molecule has 348 valence electrons. The quantitative estimate of drug-likeness (QED) is 0.0117. The Morgan fingerprint density at radius 2 is 1.16 bits per heavy atom. The maximum Gasteiger partial charge on any atom is 0.329 e. The largest absolute Gasteiger partial charge is 0.489 e. The van der Waals surface area contributed by atoms with Gasteiger partial charge in [0.2, 0.25) is 11.8 Å². The van der Waals surface area contributed by atoms with Crippen LogP contribution in [-0.2, 0) is 30.5 Å². The number of hydrogen-bond acceptors (Lipinski definition) is 9. The van der Waals surface area contributed by atoms with Crippen LogP contribution >= 0.6 is 0 Å². The van der Waals surface area contributed by atoms with Crippen molar-refractivity contribution in [3.05, 3.63) is 146 Å². The van der Waals surface area contributed by atoms with Gasteiger partial charge in [-0.1, -0.05) is 122 Å². The highest BCUT2D eigenvalue weighted by Crippen LogP contribution is 2.45. The van der Waals surface area contributed by atoms with E-state index in [0.717, 1.165) is 49.0 Å². The number of nitrogens with two attached hydrogens (primary N) is 3. The second-order valence-corrected chi connectivity index (χ2v) is 16.0. The lowest BCUT2D eigenvalue weighted by atomic mass is 9.92. The van der Waals surface area contributed by atoms with Crippen LogP contribution in [0.15, 0.2) is 146 Å². The van der Waals surface area contributed by atoms with E-state index >= 15 is 0 Å². The Morgan fingerprint density at radius 1 is 0.612 bits per heavy atom. The van der Waals surface area contributed by atoms with Gasteiger partial charge in [0.25, 0.3) is 5.91 Å².